The summed E-state index contributed by atoms with van der Waals surface area (Å²) in [6, 6.07) is 17.8. The second kappa shape index (κ2) is 12.0. The summed E-state index contributed by atoms with van der Waals surface area (Å²) in [6.45, 7) is 2.33. The lowest BCUT2D eigenvalue weighted by atomic mass is 9.97. The van der Waals surface area contributed by atoms with Gasteiger partial charge in [0.05, 0.1) is 23.4 Å². The molecule has 0 saturated carbocycles. The maximum absolute atomic E-state index is 12.9. The number of benzene rings is 3. The number of ether oxygens (including phenoxy) is 1. The second-order valence-electron chi connectivity index (χ2n) is 9.38. The number of nitrogens with one attached hydrogen (secondary N) is 2. The van der Waals surface area contributed by atoms with Gasteiger partial charge in [-0.3, -0.25) is 9.52 Å². The van der Waals surface area contributed by atoms with Gasteiger partial charge in [0.15, 0.2) is 0 Å². The fourth-order valence-electron chi connectivity index (χ4n) is 4.39. The van der Waals surface area contributed by atoms with Gasteiger partial charge in [-0.25, -0.2) is 21.1 Å². The van der Waals surface area contributed by atoms with Crippen LogP contribution in [0, 0.1) is 12.8 Å². The number of aryl methyl sites for hydroxylation is 1. The fraction of sp³-hybridized carbons (Fsp3) is 0.296. The molecular weight excluding hydrogens is 562 g/mol. The normalized spacial score (nSPS) is 15.1. The maximum Gasteiger partial charge on any atom is 0.262 e. The molecule has 1 aliphatic heterocycles. The molecule has 9 nitrogen and oxygen atoms in total. The van der Waals surface area contributed by atoms with E-state index in [0.29, 0.717) is 40.6 Å². The second-order valence-corrected chi connectivity index (χ2v) is 13.5. The van der Waals surface area contributed by atoms with Gasteiger partial charge in [-0.05, 0) is 79.4 Å². The van der Waals surface area contributed by atoms with Crippen LogP contribution in [-0.4, -0.2) is 47.2 Å². The third-order valence-corrected chi connectivity index (χ3v) is 9.95. The van der Waals surface area contributed by atoms with Crippen LogP contribution in [0.1, 0.15) is 24.0 Å². The number of carbonyl (C=O) groups is 1. The van der Waals surface area contributed by atoms with Crippen molar-refractivity contribution in [2.24, 2.45) is 5.92 Å². The average Bonchev–Trinajstić information content (AvgIpc) is 2.89. The van der Waals surface area contributed by atoms with Crippen molar-refractivity contribution >= 4 is 48.9 Å². The summed E-state index contributed by atoms with van der Waals surface area (Å²) in [5.74, 6) is -0.344. The van der Waals surface area contributed by atoms with Crippen LogP contribution in [0.3, 0.4) is 0 Å². The Hall–Kier alpha value is -3.12. The van der Waals surface area contributed by atoms with Crippen molar-refractivity contribution in [2.45, 2.75) is 30.4 Å². The van der Waals surface area contributed by atoms with Gasteiger partial charge >= 0.3 is 0 Å². The van der Waals surface area contributed by atoms with E-state index in [1.807, 2.05) is 13.0 Å². The number of anilines is 2. The van der Waals surface area contributed by atoms with Crippen LogP contribution in [0.15, 0.2) is 71.6 Å². The van der Waals surface area contributed by atoms with E-state index in [1.54, 1.807) is 36.4 Å². The Bertz CT molecular complexity index is 1550. The quantitative estimate of drug-likeness (QED) is 0.374. The molecule has 3 aromatic carbocycles. The van der Waals surface area contributed by atoms with Crippen molar-refractivity contribution in [2.75, 3.05) is 30.2 Å². The molecule has 1 saturated heterocycles. The molecular formula is C27H30ClN3O6S2. The van der Waals surface area contributed by atoms with Crippen molar-refractivity contribution in [3.8, 4) is 5.75 Å². The number of sulfonamides is 2. The number of hydrogen-bond acceptors (Lipinski definition) is 6. The lowest BCUT2D eigenvalue weighted by Crippen LogP contribution is -2.41. The van der Waals surface area contributed by atoms with Gasteiger partial charge in [0.2, 0.25) is 15.9 Å². The molecule has 208 valence electrons. The van der Waals surface area contributed by atoms with Crippen LogP contribution in [-0.2, 0) is 30.6 Å². The Kier molecular flexibility index (Phi) is 8.85. The van der Waals surface area contributed by atoms with E-state index >= 15 is 0 Å². The smallest absolute Gasteiger partial charge is 0.262 e. The van der Waals surface area contributed by atoms with Gasteiger partial charge in [0, 0.05) is 29.7 Å². The predicted octanol–water partition coefficient (Wildman–Crippen LogP) is 4.64. The van der Waals surface area contributed by atoms with Gasteiger partial charge in [0.25, 0.3) is 10.0 Å². The predicted molar refractivity (Wildman–Crippen MR) is 152 cm³/mol. The third-order valence-electron chi connectivity index (χ3n) is 6.49. The SMILES string of the molecule is COc1ccc(C)cc1NS(=O)(=O)c1ccc(NC(=O)C2CCN(S(=O)(=O)Cc3cccc(Cl)c3)CC2)cc1. The van der Waals surface area contributed by atoms with E-state index in [0.717, 1.165) is 5.56 Å². The monoisotopic (exact) mass is 591 g/mol. The van der Waals surface area contributed by atoms with Crippen molar-refractivity contribution in [1.82, 2.24) is 4.31 Å². The van der Waals surface area contributed by atoms with E-state index < -0.39 is 20.0 Å². The molecule has 0 bridgehead atoms. The van der Waals surface area contributed by atoms with Gasteiger partial charge in [-0.2, -0.15) is 0 Å². The van der Waals surface area contributed by atoms with E-state index in [1.165, 1.54) is 35.7 Å². The zero-order valence-electron chi connectivity index (χ0n) is 21.6. The minimum absolute atomic E-state index is 0.0299. The van der Waals surface area contributed by atoms with E-state index in [4.69, 9.17) is 16.3 Å². The molecule has 39 heavy (non-hydrogen) atoms. The summed E-state index contributed by atoms with van der Waals surface area (Å²) in [5.41, 5.74) is 2.26. The number of piperidine rings is 1. The van der Waals surface area contributed by atoms with Crippen molar-refractivity contribution in [1.29, 1.82) is 0 Å². The third kappa shape index (κ3) is 7.30. The van der Waals surface area contributed by atoms with Gasteiger partial charge in [-0.15, -0.1) is 0 Å². The standard InChI is InChI=1S/C27H30ClN3O6S2/c1-19-6-11-26(37-2)25(16-19)30-39(35,36)24-9-7-23(8-10-24)29-27(32)21-12-14-31(15-13-21)38(33,34)18-20-4-3-5-22(28)17-20/h3-11,16-17,21,30H,12-15,18H2,1-2H3,(H,29,32). The number of carbonyl (C=O) groups excluding carboxylic acids is 1. The van der Waals surface area contributed by atoms with Gasteiger partial charge in [0.1, 0.15) is 5.75 Å². The first-order chi connectivity index (χ1) is 18.5. The lowest BCUT2D eigenvalue weighted by molar-refractivity contribution is -0.120. The summed E-state index contributed by atoms with van der Waals surface area (Å²) in [7, 11) is -5.96. The highest BCUT2D eigenvalue weighted by atomic mass is 35.5. The Morgan fingerprint density at radius 1 is 1.00 bits per heavy atom. The van der Waals surface area contributed by atoms with Crippen molar-refractivity contribution in [3.05, 3.63) is 82.9 Å². The molecule has 1 aliphatic rings. The highest BCUT2D eigenvalue weighted by Crippen LogP contribution is 2.29. The number of rotatable bonds is 9. The molecule has 1 heterocycles. The fourth-order valence-corrected chi connectivity index (χ4v) is 7.22. The van der Waals surface area contributed by atoms with Crippen LogP contribution in [0.5, 0.6) is 5.75 Å². The highest BCUT2D eigenvalue weighted by molar-refractivity contribution is 7.92. The van der Waals surface area contributed by atoms with Gasteiger partial charge < -0.3 is 10.1 Å². The maximum atomic E-state index is 12.9. The summed E-state index contributed by atoms with van der Waals surface area (Å²) < 4.78 is 60.6. The number of halogens is 1. The zero-order valence-corrected chi connectivity index (χ0v) is 23.9. The van der Waals surface area contributed by atoms with Crippen LogP contribution in [0.25, 0.3) is 0 Å². The molecule has 2 N–H and O–H groups in total. The number of hydrogen-bond donors (Lipinski definition) is 2. The first-order valence-electron chi connectivity index (χ1n) is 12.3. The molecule has 12 heteroatoms. The summed E-state index contributed by atoms with van der Waals surface area (Å²) in [4.78, 5) is 12.9. The molecule has 0 atom stereocenters. The molecule has 4 rings (SSSR count). The average molecular weight is 592 g/mol. The summed E-state index contributed by atoms with van der Waals surface area (Å²) >= 11 is 5.97. The molecule has 0 unspecified atom stereocenters. The van der Waals surface area contributed by atoms with E-state index in [2.05, 4.69) is 10.0 Å². The highest BCUT2D eigenvalue weighted by Gasteiger charge is 2.31. The van der Waals surface area contributed by atoms with E-state index in [9.17, 15) is 21.6 Å². The molecule has 3 aromatic rings. The first kappa shape index (κ1) is 28.9. The largest absolute Gasteiger partial charge is 0.495 e. The molecule has 0 spiro atoms. The van der Waals surface area contributed by atoms with Crippen molar-refractivity contribution in [3.63, 3.8) is 0 Å². The molecule has 0 radical (unpaired) electrons. The van der Waals surface area contributed by atoms with Gasteiger partial charge in [-0.1, -0.05) is 29.8 Å². The molecule has 0 aromatic heterocycles. The van der Waals surface area contributed by atoms with E-state index in [-0.39, 0.29) is 35.6 Å². The Balaban J connectivity index is 1.33. The topological polar surface area (TPSA) is 122 Å². The summed E-state index contributed by atoms with van der Waals surface area (Å²) in [6.07, 6.45) is 0.768. The number of amides is 1. The minimum atomic E-state index is -3.89. The van der Waals surface area contributed by atoms with Crippen LogP contribution >= 0.6 is 11.6 Å². The van der Waals surface area contributed by atoms with Crippen molar-refractivity contribution < 1.29 is 26.4 Å². The summed E-state index contributed by atoms with van der Waals surface area (Å²) in [5, 5.41) is 3.29. The zero-order chi connectivity index (χ0) is 28.2. The van der Waals surface area contributed by atoms with Crippen LogP contribution in [0.2, 0.25) is 5.02 Å². The minimum Gasteiger partial charge on any atom is -0.495 e. The Labute approximate surface area is 234 Å². The lowest BCUT2D eigenvalue weighted by Gasteiger charge is -2.30. The van der Waals surface area contributed by atoms with Crippen LogP contribution in [0.4, 0.5) is 11.4 Å². The number of nitrogens with zero attached hydrogens (tertiary/aromatic N) is 1. The Morgan fingerprint density at radius 2 is 1.69 bits per heavy atom. The number of methoxy groups -OCH3 is 1. The first-order valence-corrected chi connectivity index (χ1v) is 15.7. The molecule has 0 aliphatic carbocycles. The van der Waals surface area contributed by atoms with Crippen LogP contribution < -0.4 is 14.8 Å². The molecule has 1 fully saturated rings. The molecule has 1 amide bonds. The Morgan fingerprint density at radius 3 is 2.33 bits per heavy atom.